The highest BCUT2D eigenvalue weighted by Gasteiger charge is 2.07. The van der Waals surface area contributed by atoms with Crippen LogP contribution in [-0.4, -0.2) is 4.55 Å². The van der Waals surface area contributed by atoms with Crippen LogP contribution in [0.5, 0.6) is 0 Å². The van der Waals surface area contributed by atoms with E-state index < -0.39 is 11.2 Å². The Hall–Kier alpha value is -2.10. The first-order valence-electron chi connectivity index (χ1n) is 7.00. The van der Waals surface area contributed by atoms with Crippen LogP contribution in [0, 0.1) is 5.82 Å². The molecule has 0 aliphatic heterocycles. The summed E-state index contributed by atoms with van der Waals surface area (Å²) >= 11 is -1.11. The Labute approximate surface area is 132 Å². The number of rotatable bonds is 4. The SMILES string of the molecule is [O-][S+](/C=C/c1ccc(F)cc1)Cc1cccc2ccccc12. The number of halogens is 1. The summed E-state index contributed by atoms with van der Waals surface area (Å²) < 4.78 is 25.1. The summed E-state index contributed by atoms with van der Waals surface area (Å²) in [5.74, 6) is 0.202. The van der Waals surface area contributed by atoms with Gasteiger partial charge in [0.25, 0.3) is 0 Å². The predicted molar refractivity (Wildman–Crippen MR) is 91.2 cm³/mol. The molecule has 0 saturated carbocycles. The molecule has 110 valence electrons. The van der Waals surface area contributed by atoms with Crippen LogP contribution in [0.1, 0.15) is 11.1 Å². The van der Waals surface area contributed by atoms with E-state index in [1.54, 1.807) is 23.6 Å². The Kier molecular flexibility index (Phi) is 4.56. The maximum atomic E-state index is 12.8. The molecule has 0 heterocycles. The second-order valence-corrected chi connectivity index (χ2v) is 6.34. The topological polar surface area (TPSA) is 23.1 Å². The van der Waals surface area contributed by atoms with E-state index in [2.05, 4.69) is 12.1 Å². The molecular weight excluding hydrogens is 295 g/mol. The number of hydrogen-bond donors (Lipinski definition) is 0. The van der Waals surface area contributed by atoms with Crippen LogP contribution in [0.2, 0.25) is 0 Å². The van der Waals surface area contributed by atoms with Crippen molar-refractivity contribution in [3.8, 4) is 0 Å². The zero-order chi connectivity index (χ0) is 15.4. The number of fused-ring (bicyclic) bond motifs is 1. The lowest BCUT2D eigenvalue weighted by Crippen LogP contribution is -2.00. The fourth-order valence-corrected chi connectivity index (χ4v) is 3.31. The molecule has 3 aromatic rings. The molecule has 0 saturated heterocycles. The maximum Gasteiger partial charge on any atom is 0.136 e. The van der Waals surface area contributed by atoms with Crippen LogP contribution < -0.4 is 0 Å². The van der Waals surface area contributed by atoms with E-state index in [-0.39, 0.29) is 5.82 Å². The van der Waals surface area contributed by atoms with Gasteiger partial charge in [0, 0.05) is 5.56 Å². The summed E-state index contributed by atoms with van der Waals surface area (Å²) in [6.07, 6.45) is 1.76. The van der Waals surface area contributed by atoms with E-state index in [1.165, 1.54) is 12.1 Å². The molecule has 1 nitrogen and oxygen atoms in total. The third-order valence-electron chi connectivity index (χ3n) is 3.46. The number of hydrogen-bond acceptors (Lipinski definition) is 1. The molecule has 3 rings (SSSR count). The Morgan fingerprint density at radius 3 is 2.45 bits per heavy atom. The quantitative estimate of drug-likeness (QED) is 0.629. The van der Waals surface area contributed by atoms with Crippen molar-refractivity contribution >= 4 is 28.0 Å². The predicted octanol–water partition coefficient (Wildman–Crippen LogP) is 4.90. The Bertz CT molecular complexity index is 791. The van der Waals surface area contributed by atoms with Crippen molar-refractivity contribution in [2.75, 3.05) is 0 Å². The van der Waals surface area contributed by atoms with Crippen LogP contribution in [0.3, 0.4) is 0 Å². The van der Waals surface area contributed by atoms with Crippen LogP contribution in [0.25, 0.3) is 16.8 Å². The van der Waals surface area contributed by atoms with Gasteiger partial charge >= 0.3 is 0 Å². The highest BCUT2D eigenvalue weighted by molar-refractivity contribution is 7.93. The second kappa shape index (κ2) is 6.77. The van der Waals surface area contributed by atoms with Crippen molar-refractivity contribution in [3.05, 3.63) is 89.1 Å². The molecule has 0 aliphatic carbocycles. The minimum absolute atomic E-state index is 0.269. The molecular formula is C19H15FOS. The van der Waals surface area contributed by atoms with E-state index in [0.717, 1.165) is 21.9 Å². The van der Waals surface area contributed by atoms with E-state index in [1.807, 2.05) is 30.3 Å². The number of benzene rings is 3. The van der Waals surface area contributed by atoms with Crippen molar-refractivity contribution in [1.29, 1.82) is 0 Å². The minimum atomic E-state index is -1.11. The first kappa shape index (κ1) is 14.8. The molecule has 0 radical (unpaired) electrons. The highest BCUT2D eigenvalue weighted by atomic mass is 32.2. The summed E-state index contributed by atoms with van der Waals surface area (Å²) in [7, 11) is 0. The molecule has 0 fully saturated rings. The molecule has 0 aliphatic rings. The Morgan fingerprint density at radius 2 is 1.64 bits per heavy atom. The third kappa shape index (κ3) is 3.56. The Morgan fingerprint density at radius 1 is 0.909 bits per heavy atom. The average molecular weight is 310 g/mol. The molecule has 22 heavy (non-hydrogen) atoms. The molecule has 0 aromatic heterocycles. The lowest BCUT2D eigenvalue weighted by Gasteiger charge is -2.08. The van der Waals surface area contributed by atoms with Crippen molar-refractivity contribution in [2.24, 2.45) is 0 Å². The third-order valence-corrected chi connectivity index (χ3v) is 4.50. The van der Waals surface area contributed by atoms with Gasteiger partial charge in [-0.3, -0.25) is 0 Å². The summed E-state index contributed by atoms with van der Waals surface area (Å²) in [6, 6.07) is 20.3. The smallest absolute Gasteiger partial charge is 0.136 e. The first-order chi connectivity index (χ1) is 10.7. The van der Waals surface area contributed by atoms with E-state index in [0.29, 0.717) is 5.75 Å². The standard InChI is InChI=1S/C19H15FOS/c20-18-10-8-15(9-11-18)12-13-22(21)14-17-6-3-5-16-4-1-2-7-19(16)17/h1-13H,14H2/b13-12+. The minimum Gasteiger partial charge on any atom is -0.612 e. The van der Waals surface area contributed by atoms with Gasteiger partial charge in [0.05, 0.1) is 0 Å². The zero-order valence-electron chi connectivity index (χ0n) is 11.9. The lowest BCUT2D eigenvalue weighted by molar-refractivity contribution is 0.603. The van der Waals surface area contributed by atoms with E-state index in [4.69, 9.17) is 0 Å². The fourth-order valence-electron chi connectivity index (χ4n) is 2.35. The van der Waals surface area contributed by atoms with Crippen LogP contribution in [0.4, 0.5) is 4.39 Å². The van der Waals surface area contributed by atoms with E-state index >= 15 is 0 Å². The molecule has 0 spiro atoms. The largest absolute Gasteiger partial charge is 0.612 e. The molecule has 1 unspecified atom stereocenters. The van der Waals surface area contributed by atoms with Gasteiger partial charge in [-0.1, -0.05) is 54.6 Å². The normalized spacial score (nSPS) is 12.8. The average Bonchev–Trinajstić information content (AvgIpc) is 2.55. The van der Waals surface area contributed by atoms with Gasteiger partial charge in [-0.15, -0.1) is 0 Å². The summed E-state index contributed by atoms with van der Waals surface area (Å²) in [5, 5.41) is 3.95. The Balaban J connectivity index is 1.75. The second-order valence-electron chi connectivity index (χ2n) is 5.02. The molecule has 3 aromatic carbocycles. The van der Waals surface area contributed by atoms with Gasteiger partial charge in [-0.05, 0) is 45.7 Å². The van der Waals surface area contributed by atoms with Gasteiger partial charge in [-0.25, -0.2) is 4.39 Å². The summed E-state index contributed by atoms with van der Waals surface area (Å²) in [5.41, 5.74) is 1.91. The maximum absolute atomic E-state index is 12.8. The molecule has 0 N–H and O–H groups in total. The summed E-state index contributed by atoms with van der Waals surface area (Å²) in [4.78, 5) is 0. The van der Waals surface area contributed by atoms with E-state index in [9.17, 15) is 8.94 Å². The highest BCUT2D eigenvalue weighted by Crippen LogP contribution is 2.21. The molecule has 1 atom stereocenters. The molecule has 0 bridgehead atoms. The van der Waals surface area contributed by atoms with Crippen LogP contribution in [0.15, 0.2) is 72.1 Å². The molecule has 3 heteroatoms. The van der Waals surface area contributed by atoms with Crippen LogP contribution >= 0.6 is 0 Å². The van der Waals surface area contributed by atoms with Gasteiger partial charge in [-0.2, -0.15) is 0 Å². The summed E-state index contributed by atoms with van der Waals surface area (Å²) in [6.45, 7) is 0. The fraction of sp³-hybridized carbons (Fsp3) is 0.0526. The van der Waals surface area contributed by atoms with Gasteiger partial charge in [0.15, 0.2) is 0 Å². The lowest BCUT2D eigenvalue weighted by atomic mass is 10.1. The van der Waals surface area contributed by atoms with Gasteiger partial charge < -0.3 is 4.55 Å². The van der Waals surface area contributed by atoms with Crippen LogP contribution in [-0.2, 0) is 16.9 Å². The van der Waals surface area contributed by atoms with Crippen molar-refractivity contribution in [1.82, 2.24) is 0 Å². The van der Waals surface area contributed by atoms with Crippen molar-refractivity contribution in [2.45, 2.75) is 5.75 Å². The van der Waals surface area contributed by atoms with Crippen molar-refractivity contribution < 1.29 is 8.94 Å². The first-order valence-corrected chi connectivity index (χ1v) is 8.38. The van der Waals surface area contributed by atoms with Gasteiger partial charge in [0.1, 0.15) is 17.0 Å². The zero-order valence-corrected chi connectivity index (χ0v) is 12.7. The van der Waals surface area contributed by atoms with Gasteiger partial charge in [0.2, 0.25) is 0 Å². The van der Waals surface area contributed by atoms with Crippen molar-refractivity contribution in [3.63, 3.8) is 0 Å². The molecule has 0 amide bonds. The monoisotopic (exact) mass is 310 g/mol.